The van der Waals surface area contributed by atoms with Crippen LogP contribution in [0.3, 0.4) is 0 Å². The van der Waals surface area contributed by atoms with Gasteiger partial charge in [0.05, 0.1) is 0 Å². The van der Waals surface area contributed by atoms with Gasteiger partial charge in [0.15, 0.2) is 0 Å². The molecule has 0 aliphatic heterocycles. The molecule has 1 nitrogen and oxygen atoms in total. The van der Waals surface area contributed by atoms with E-state index >= 15 is 0 Å². The standard InChI is InChI=1S/C32H50O/c1-5-7-9-11-12-13-15-20-24-29-28(23-17-14-10-8-6-2)25-30(33)32(31(29)26(3)4)27-21-18-16-19-22-27/h16,18-19,21-22,25-26,33H,5-15,17,20,23-24H2,1-4H3. The Bertz CT molecular complexity index is 775. The minimum atomic E-state index is 0.398. The van der Waals surface area contributed by atoms with Crippen molar-refractivity contribution in [2.75, 3.05) is 0 Å². The summed E-state index contributed by atoms with van der Waals surface area (Å²) in [5.74, 6) is 0.864. The molecule has 0 unspecified atom stereocenters. The van der Waals surface area contributed by atoms with Crippen LogP contribution in [0.25, 0.3) is 11.1 Å². The predicted molar refractivity (Wildman–Crippen MR) is 146 cm³/mol. The van der Waals surface area contributed by atoms with Gasteiger partial charge in [0, 0.05) is 5.56 Å². The molecule has 0 aliphatic rings. The third-order valence-electron chi connectivity index (χ3n) is 7.02. The van der Waals surface area contributed by atoms with Crippen LogP contribution >= 0.6 is 0 Å². The number of phenols is 1. The van der Waals surface area contributed by atoms with E-state index in [4.69, 9.17) is 0 Å². The smallest absolute Gasteiger partial charge is 0.123 e. The molecule has 2 rings (SSSR count). The number of unbranched alkanes of at least 4 members (excludes halogenated alkanes) is 11. The summed E-state index contributed by atoms with van der Waals surface area (Å²) in [6.45, 7) is 9.15. The van der Waals surface area contributed by atoms with Crippen molar-refractivity contribution in [1.29, 1.82) is 0 Å². The van der Waals surface area contributed by atoms with Crippen molar-refractivity contribution in [3.8, 4) is 16.9 Å². The van der Waals surface area contributed by atoms with Gasteiger partial charge in [0.2, 0.25) is 0 Å². The molecule has 184 valence electrons. The number of hydrogen-bond donors (Lipinski definition) is 1. The third kappa shape index (κ3) is 9.19. The molecule has 0 fully saturated rings. The van der Waals surface area contributed by atoms with Crippen molar-refractivity contribution in [2.45, 2.75) is 130 Å². The minimum absolute atomic E-state index is 0.398. The van der Waals surface area contributed by atoms with Crippen LogP contribution in [-0.2, 0) is 12.8 Å². The lowest BCUT2D eigenvalue weighted by molar-refractivity contribution is 0.474. The summed E-state index contributed by atoms with van der Waals surface area (Å²) in [4.78, 5) is 0. The maximum absolute atomic E-state index is 11.2. The van der Waals surface area contributed by atoms with Gasteiger partial charge in [0.1, 0.15) is 5.75 Å². The van der Waals surface area contributed by atoms with Gasteiger partial charge in [-0.05, 0) is 59.9 Å². The minimum Gasteiger partial charge on any atom is -0.507 e. The van der Waals surface area contributed by atoms with Crippen molar-refractivity contribution in [3.63, 3.8) is 0 Å². The Morgan fingerprint density at radius 3 is 1.73 bits per heavy atom. The summed E-state index contributed by atoms with van der Waals surface area (Å²) in [6.07, 6.45) is 19.5. The summed E-state index contributed by atoms with van der Waals surface area (Å²) >= 11 is 0. The first kappa shape index (κ1) is 27.5. The summed E-state index contributed by atoms with van der Waals surface area (Å²) in [5, 5.41) is 11.2. The molecule has 0 spiro atoms. The van der Waals surface area contributed by atoms with E-state index in [1.54, 1.807) is 0 Å². The van der Waals surface area contributed by atoms with E-state index in [2.05, 4.69) is 64.1 Å². The van der Waals surface area contributed by atoms with Gasteiger partial charge in [0.25, 0.3) is 0 Å². The predicted octanol–water partition coefficient (Wildman–Crippen LogP) is 10.4. The normalized spacial score (nSPS) is 11.4. The van der Waals surface area contributed by atoms with Crippen molar-refractivity contribution in [3.05, 3.63) is 53.1 Å². The number of aromatic hydroxyl groups is 1. The first-order chi connectivity index (χ1) is 16.1. The number of hydrogen-bond acceptors (Lipinski definition) is 1. The maximum Gasteiger partial charge on any atom is 0.123 e. The largest absolute Gasteiger partial charge is 0.507 e. The first-order valence-electron chi connectivity index (χ1n) is 14.0. The molecule has 0 saturated heterocycles. The molecular weight excluding hydrogens is 400 g/mol. The van der Waals surface area contributed by atoms with Crippen LogP contribution in [0.15, 0.2) is 36.4 Å². The molecule has 0 atom stereocenters. The van der Waals surface area contributed by atoms with Crippen LogP contribution in [0, 0.1) is 0 Å². The second-order valence-electron chi connectivity index (χ2n) is 10.2. The maximum atomic E-state index is 11.2. The summed E-state index contributed by atoms with van der Waals surface area (Å²) in [5.41, 5.74) is 6.52. The quantitative estimate of drug-likeness (QED) is 0.238. The van der Waals surface area contributed by atoms with Gasteiger partial charge < -0.3 is 5.11 Å². The van der Waals surface area contributed by atoms with Gasteiger partial charge in [-0.3, -0.25) is 0 Å². The molecule has 2 aromatic carbocycles. The van der Waals surface area contributed by atoms with E-state index in [0.29, 0.717) is 11.7 Å². The molecule has 0 aliphatic carbocycles. The first-order valence-corrected chi connectivity index (χ1v) is 14.0. The lowest BCUT2D eigenvalue weighted by Gasteiger charge is -2.23. The van der Waals surface area contributed by atoms with Crippen LogP contribution in [0.4, 0.5) is 0 Å². The zero-order chi connectivity index (χ0) is 23.9. The fraction of sp³-hybridized carbons (Fsp3) is 0.625. The molecule has 0 bridgehead atoms. The lowest BCUT2D eigenvalue weighted by atomic mass is 9.82. The molecule has 2 aromatic rings. The van der Waals surface area contributed by atoms with Gasteiger partial charge in [-0.2, -0.15) is 0 Å². The average molecular weight is 451 g/mol. The average Bonchev–Trinajstić information content (AvgIpc) is 2.81. The number of benzene rings is 2. The van der Waals surface area contributed by atoms with Crippen molar-refractivity contribution < 1.29 is 5.11 Å². The number of aryl methyl sites for hydroxylation is 1. The van der Waals surface area contributed by atoms with E-state index < -0.39 is 0 Å². The highest BCUT2D eigenvalue weighted by Gasteiger charge is 2.21. The SMILES string of the molecule is CCCCCCCCCCc1c(CCCCCCC)cc(O)c(-c2ccccc2)c1C(C)C. The van der Waals surface area contributed by atoms with Gasteiger partial charge in [-0.25, -0.2) is 0 Å². The van der Waals surface area contributed by atoms with Crippen LogP contribution in [0.5, 0.6) is 5.75 Å². The zero-order valence-electron chi connectivity index (χ0n) is 22.1. The fourth-order valence-electron chi connectivity index (χ4n) is 5.20. The molecule has 0 heterocycles. The summed E-state index contributed by atoms with van der Waals surface area (Å²) in [7, 11) is 0. The molecule has 33 heavy (non-hydrogen) atoms. The van der Waals surface area contributed by atoms with E-state index in [9.17, 15) is 5.11 Å². The molecule has 1 N–H and O–H groups in total. The lowest BCUT2D eigenvalue weighted by Crippen LogP contribution is -2.06. The highest BCUT2D eigenvalue weighted by atomic mass is 16.3. The van der Waals surface area contributed by atoms with Gasteiger partial charge in [-0.1, -0.05) is 129 Å². The molecule has 1 heteroatoms. The molecular formula is C32H50O. The second-order valence-corrected chi connectivity index (χ2v) is 10.2. The Hall–Kier alpha value is -1.76. The van der Waals surface area contributed by atoms with Crippen molar-refractivity contribution in [1.82, 2.24) is 0 Å². The summed E-state index contributed by atoms with van der Waals surface area (Å²) in [6, 6.07) is 12.6. The highest BCUT2D eigenvalue weighted by Crippen LogP contribution is 2.41. The number of phenolic OH excluding ortho intramolecular Hbond substituents is 1. The third-order valence-corrected chi connectivity index (χ3v) is 7.02. The van der Waals surface area contributed by atoms with Crippen LogP contribution < -0.4 is 0 Å². The van der Waals surface area contributed by atoms with E-state index in [0.717, 1.165) is 24.0 Å². The topological polar surface area (TPSA) is 20.2 Å². The van der Waals surface area contributed by atoms with Crippen LogP contribution in [-0.4, -0.2) is 5.11 Å². The second kappa shape index (κ2) is 16.0. The zero-order valence-corrected chi connectivity index (χ0v) is 22.1. The monoisotopic (exact) mass is 450 g/mol. The fourth-order valence-corrected chi connectivity index (χ4v) is 5.20. The molecule has 0 saturated carbocycles. The Balaban J connectivity index is 2.21. The molecule has 0 aromatic heterocycles. The van der Waals surface area contributed by atoms with Gasteiger partial charge in [-0.15, -0.1) is 0 Å². The Kier molecular flexibility index (Phi) is 13.3. The van der Waals surface area contributed by atoms with Gasteiger partial charge >= 0.3 is 0 Å². The van der Waals surface area contributed by atoms with E-state index in [1.807, 2.05) is 0 Å². The molecule has 0 radical (unpaired) electrons. The van der Waals surface area contributed by atoms with Crippen LogP contribution in [0.2, 0.25) is 0 Å². The molecule has 0 amide bonds. The Labute approximate surface area is 205 Å². The van der Waals surface area contributed by atoms with E-state index in [-0.39, 0.29) is 0 Å². The van der Waals surface area contributed by atoms with Crippen molar-refractivity contribution in [2.24, 2.45) is 0 Å². The van der Waals surface area contributed by atoms with Crippen molar-refractivity contribution >= 4 is 0 Å². The Morgan fingerprint density at radius 2 is 1.18 bits per heavy atom. The summed E-state index contributed by atoms with van der Waals surface area (Å²) < 4.78 is 0. The highest BCUT2D eigenvalue weighted by molar-refractivity contribution is 5.76. The number of rotatable bonds is 17. The Morgan fingerprint density at radius 1 is 0.667 bits per heavy atom. The van der Waals surface area contributed by atoms with Crippen LogP contribution in [0.1, 0.15) is 134 Å². The van der Waals surface area contributed by atoms with E-state index in [1.165, 1.54) is 100 Å².